The summed E-state index contributed by atoms with van der Waals surface area (Å²) in [4.78, 5) is 13.5. The van der Waals surface area contributed by atoms with Gasteiger partial charge in [0.05, 0.1) is 19.9 Å². The van der Waals surface area contributed by atoms with E-state index in [9.17, 15) is 4.79 Å². The Kier molecular flexibility index (Phi) is 2.68. The summed E-state index contributed by atoms with van der Waals surface area (Å²) < 4.78 is 15.0. The molecule has 1 heterocycles. The Morgan fingerprint density at radius 2 is 2.06 bits per heavy atom. The van der Waals surface area contributed by atoms with Crippen LogP contribution in [0.5, 0.6) is 11.5 Å². The molecule has 0 aliphatic heterocycles. The van der Waals surface area contributed by atoms with Gasteiger partial charge in [0.1, 0.15) is 17.8 Å². The van der Waals surface area contributed by atoms with E-state index in [1.165, 1.54) is 6.26 Å². The van der Waals surface area contributed by atoms with Crippen LogP contribution in [0.1, 0.15) is 0 Å². The Hall–Kier alpha value is -2.17. The highest BCUT2D eigenvalue weighted by molar-refractivity contribution is 5.68. The van der Waals surface area contributed by atoms with Gasteiger partial charge in [0.2, 0.25) is 0 Å². The summed E-state index contributed by atoms with van der Waals surface area (Å²) in [5, 5.41) is 0. The van der Waals surface area contributed by atoms with Crippen molar-refractivity contribution in [3.63, 3.8) is 0 Å². The van der Waals surface area contributed by atoms with Crippen molar-refractivity contribution in [2.75, 3.05) is 14.2 Å². The number of rotatable bonds is 3. The van der Waals surface area contributed by atoms with Crippen molar-refractivity contribution in [1.82, 2.24) is 4.98 Å². The monoisotopic (exact) mass is 221 g/mol. The minimum absolute atomic E-state index is 0.500. The molecule has 1 aromatic heterocycles. The highest BCUT2D eigenvalue weighted by atomic mass is 16.5. The van der Waals surface area contributed by atoms with Crippen molar-refractivity contribution in [3.05, 3.63) is 35.0 Å². The number of hydrogen-bond acceptors (Lipinski definition) is 4. The highest BCUT2D eigenvalue weighted by Crippen LogP contribution is 2.31. The first-order valence-electron chi connectivity index (χ1n) is 4.65. The Balaban J connectivity index is 2.56. The van der Waals surface area contributed by atoms with Crippen LogP contribution in [0.25, 0.3) is 11.3 Å². The summed E-state index contributed by atoms with van der Waals surface area (Å²) in [6.07, 6.45) is 1.35. The molecule has 1 aromatic carbocycles. The summed E-state index contributed by atoms with van der Waals surface area (Å²) in [6, 6.07) is 5.31. The molecule has 0 saturated carbocycles. The van der Waals surface area contributed by atoms with Gasteiger partial charge in [-0.25, -0.2) is 4.79 Å². The molecule has 0 radical (unpaired) electrons. The summed E-state index contributed by atoms with van der Waals surface area (Å²) in [5.41, 5.74) is 1.27. The van der Waals surface area contributed by atoms with Gasteiger partial charge in [-0.15, -0.1) is 0 Å². The molecular formula is C11H11NO4. The zero-order chi connectivity index (χ0) is 11.5. The second-order valence-corrected chi connectivity index (χ2v) is 3.13. The molecule has 1 N–H and O–H groups in total. The molecule has 0 fully saturated rings. The predicted molar refractivity (Wildman–Crippen MR) is 57.9 cm³/mol. The van der Waals surface area contributed by atoms with Gasteiger partial charge in [-0.1, -0.05) is 0 Å². The average molecular weight is 221 g/mol. The van der Waals surface area contributed by atoms with E-state index < -0.39 is 5.76 Å². The van der Waals surface area contributed by atoms with E-state index in [4.69, 9.17) is 9.47 Å². The maximum absolute atomic E-state index is 10.9. The number of aromatic amines is 1. The Morgan fingerprint density at radius 1 is 1.25 bits per heavy atom. The van der Waals surface area contributed by atoms with E-state index >= 15 is 0 Å². The number of benzene rings is 1. The molecule has 0 aliphatic carbocycles. The topological polar surface area (TPSA) is 64.5 Å². The third kappa shape index (κ3) is 1.79. The molecule has 2 rings (SSSR count). The molecule has 0 saturated heterocycles. The van der Waals surface area contributed by atoms with Gasteiger partial charge in [-0.2, -0.15) is 0 Å². The Bertz CT molecular complexity index is 541. The van der Waals surface area contributed by atoms with Crippen LogP contribution in [0.4, 0.5) is 0 Å². The standard InChI is InChI=1S/C11H11NO4/c1-14-7-3-4-10(15-2)8(5-7)9-6-16-11(13)12-9/h3-6H,1-2H3,(H,12,13). The minimum Gasteiger partial charge on any atom is -0.497 e. The molecule has 0 amide bonds. The van der Waals surface area contributed by atoms with Crippen LogP contribution < -0.4 is 15.2 Å². The van der Waals surface area contributed by atoms with Gasteiger partial charge >= 0.3 is 5.76 Å². The number of nitrogens with one attached hydrogen (secondary N) is 1. The fraction of sp³-hybridized carbons (Fsp3) is 0.182. The van der Waals surface area contributed by atoms with Crippen molar-refractivity contribution in [3.8, 4) is 22.8 Å². The summed E-state index contributed by atoms with van der Waals surface area (Å²) in [7, 11) is 3.13. The molecule has 0 atom stereocenters. The molecule has 0 aliphatic rings. The van der Waals surface area contributed by atoms with Crippen LogP contribution in [-0.2, 0) is 0 Å². The molecule has 16 heavy (non-hydrogen) atoms. The van der Waals surface area contributed by atoms with Gasteiger partial charge in [-0.05, 0) is 18.2 Å². The molecule has 5 nitrogen and oxygen atoms in total. The van der Waals surface area contributed by atoms with Gasteiger partial charge < -0.3 is 13.9 Å². The summed E-state index contributed by atoms with van der Waals surface area (Å²) in [6.45, 7) is 0. The number of methoxy groups -OCH3 is 2. The second-order valence-electron chi connectivity index (χ2n) is 3.13. The van der Waals surface area contributed by atoms with Gasteiger partial charge in [0.25, 0.3) is 0 Å². The Morgan fingerprint density at radius 3 is 2.62 bits per heavy atom. The predicted octanol–water partition coefficient (Wildman–Crippen LogP) is 1.65. The molecule has 84 valence electrons. The van der Waals surface area contributed by atoms with Crippen molar-refractivity contribution in [2.24, 2.45) is 0 Å². The minimum atomic E-state index is -0.500. The molecule has 5 heteroatoms. The lowest BCUT2D eigenvalue weighted by atomic mass is 10.1. The molecule has 2 aromatic rings. The van der Waals surface area contributed by atoms with E-state index in [1.54, 1.807) is 32.4 Å². The largest absolute Gasteiger partial charge is 0.497 e. The lowest BCUT2D eigenvalue weighted by Crippen LogP contribution is -1.96. The van der Waals surface area contributed by atoms with Gasteiger partial charge in [0.15, 0.2) is 0 Å². The number of ether oxygens (including phenoxy) is 2. The van der Waals surface area contributed by atoms with Crippen LogP contribution in [-0.4, -0.2) is 19.2 Å². The number of hydrogen-bond donors (Lipinski definition) is 1. The quantitative estimate of drug-likeness (QED) is 0.855. The normalized spacial score (nSPS) is 10.1. The van der Waals surface area contributed by atoms with E-state index in [0.717, 1.165) is 0 Å². The third-order valence-electron chi connectivity index (χ3n) is 2.22. The number of oxazole rings is 1. The highest BCUT2D eigenvalue weighted by Gasteiger charge is 2.10. The van der Waals surface area contributed by atoms with Crippen LogP contribution in [0.3, 0.4) is 0 Å². The second kappa shape index (κ2) is 4.14. The third-order valence-corrected chi connectivity index (χ3v) is 2.22. The van der Waals surface area contributed by atoms with E-state index in [0.29, 0.717) is 22.8 Å². The van der Waals surface area contributed by atoms with Crippen LogP contribution in [0.15, 0.2) is 33.7 Å². The molecular weight excluding hydrogens is 210 g/mol. The molecule has 0 spiro atoms. The zero-order valence-corrected chi connectivity index (χ0v) is 8.94. The first-order valence-corrected chi connectivity index (χ1v) is 4.65. The van der Waals surface area contributed by atoms with Gasteiger partial charge in [-0.3, -0.25) is 4.98 Å². The Labute approximate surface area is 91.6 Å². The van der Waals surface area contributed by atoms with Crippen molar-refractivity contribution in [2.45, 2.75) is 0 Å². The lowest BCUT2D eigenvalue weighted by Gasteiger charge is -2.08. The summed E-state index contributed by atoms with van der Waals surface area (Å²) in [5.74, 6) is 0.815. The summed E-state index contributed by atoms with van der Waals surface area (Å²) >= 11 is 0. The maximum Gasteiger partial charge on any atom is 0.416 e. The van der Waals surface area contributed by atoms with Crippen molar-refractivity contribution in [1.29, 1.82) is 0 Å². The van der Waals surface area contributed by atoms with Crippen LogP contribution in [0, 0.1) is 0 Å². The zero-order valence-electron chi connectivity index (χ0n) is 8.94. The van der Waals surface area contributed by atoms with E-state index in [2.05, 4.69) is 9.40 Å². The van der Waals surface area contributed by atoms with Crippen LogP contribution in [0.2, 0.25) is 0 Å². The first-order chi connectivity index (χ1) is 7.74. The molecule has 0 bridgehead atoms. The maximum atomic E-state index is 10.9. The molecule has 0 unspecified atom stereocenters. The van der Waals surface area contributed by atoms with Crippen molar-refractivity contribution >= 4 is 0 Å². The average Bonchev–Trinajstić information content (AvgIpc) is 2.75. The SMILES string of the molecule is COc1ccc(OC)c(-c2coc(=O)[nH]2)c1. The van der Waals surface area contributed by atoms with Crippen LogP contribution >= 0.6 is 0 Å². The fourth-order valence-electron chi connectivity index (χ4n) is 1.44. The fourth-order valence-corrected chi connectivity index (χ4v) is 1.44. The number of H-pyrrole nitrogens is 1. The number of aromatic nitrogens is 1. The smallest absolute Gasteiger partial charge is 0.416 e. The van der Waals surface area contributed by atoms with Crippen molar-refractivity contribution < 1.29 is 13.9 Å². The van der Waals surface area contributed by atoms with Gasteiger partial charge in [0, 0.05) is 5.56 Å². The first kappa shape index (κ1) is 10.4. The van der Waals surface area contributed by atoms with E-state index in [1.807, 2.05) is 0 Å². The van der Waals surface area contributed by atoms with E-state index in [-0.39, 0.29) is 0 Å². The lowest BCUT2D eigenvalue weighted by molar-refractivity contribution is 0.404.